The fourth-order valence-electron chi connectivity index (χ4n) is 2.52. The van der Waals surface area contributed by atoms with Crippen molar-refractivity contribution >= 4 is 6.09 Å². The molecule has 1 aliphatic carbocycles. The Labute approximate surface area is 130 Å². The Kier molecular flexibility index (Phi) is 5.39. The van der Waals surface area contributed by atoms with E-state index in [-0.39, 0.29) is 12.6 Å². The summed E-state index contributed by atoms with van der Waals surface area (Å²) in [6.07, 6.45) is -0.928. The summed E-state index contributed by atoms with van der Waals surface area (Å²) >= 11 is 0. The van der Waals surface area contributed by atoms with Gasteiger partial charge in [-0.1, -0.05) is 30.3 Å². The summed E-state index contributed by atoms with van der Waals surface area (Å²) < 4.78 is 10.5. The minimum Gasteiger partial charge on any atom is -0.445 e. The van der Waals surface area contributed by atoms with Crippen molar-refractivity contribution in [3.63, 3.8) is 0 Å². The van der Waals surface area contributed by atoms with Crippen molar-refractivity contribution in [2.45, 2.75) is 57.3 Å². The molecule has 6 heteroatoms. The lowest BCUT2D eigenvalue weighted by Crippen LogP contribution is -2.35. The number of aliphatic hydroxyl groups excluding tert-OH is 1. The van der Waals surface area contributed by atoms with Gasteiger partial charge in [0, 0.05) is 6.04 Å². The highest BCUT2D eigenvalue weighted by Crippen LogP contribution is 2.26. The van der Waals surface area contributed by atoms with Crippen LogP contribution in [-0.2, 0) is 16.1 Å². The van der Waals surface area contributed by atoms with Crippen LogP contribution in [0.4, 0.5) is 4.79 Å². The first-order chi connectivity index (χ1) is 10.3. The molecule has 0 bridgehead atoms. The van der Waals surface area contributed by atoms with Crippen LogP contribution in [-0.4, -0.2) is 40.3 Å². The molecule has 3 atom stereocenters. The highest BCUT2D eigenvalue weighted by atomic mass is 16.6. The molecule has 122 valence electrons. The van der Waals surface area contributed by atoms with E-state index in [4.69, 9.17) is 9.47 Å². The zero-order valence-electron chi connectivity index (χ0n) is 12.9. The van der Waals surface area contributed by atoms with Gasteiger partial charge in [-0.05, 0) is 32.3 Å². The zero-order chi connectivity index (χ0) is 16.2. The topological polar surface area (TPSA) is 88.0 Å². The average molecular weight is 309 g/mol. The van der Waals surface area contributed by atoms with E-state index < -0.39 is 24.1 Å². The third kappa shape index (κ3) is 5.29. The molecular weight excluding hydrogens is 286 g/mol. The summed E-state index contributed by atoms with van der Waals surface area (Å²) in [6, 6.07) is 9.17. The number of hydrogen-bond donors (Lipinski definition) is 3. The molecule has 0 heterocycles. The van der Waals surface area contributed by atoms with Crippen molar-refractivity contribution in [3.8, 4) is 0 Å². The highest BCUT2D eigenvalue weighted by molar-refractivity contribution is 5.67. The second kappa shape index (κ2) is 7.09. The van der Waals surface area contributed by atoms with E-state index in [0.717, 1.165) is 5.56 Å². The second-order valence-electron chi connectivity index (χ2n) is 6.04. The molecule has 6 nitrogen and oxygen atoms in total. The van der Waals surface area contributed by atoms with Crippen molar-refractivity contribution in [2.24, 2.45) is 0 Å². The maximum atomic E-state index is 11.8. The number of aliphatic hydroxyl groups is 2. The molecule has 0 unspecified atom stereocenters. The molecule has 1 saturated carbocycles. The van der Waals surface area contributed by atoms with Gasteiger partial charge in [0.25, 0.3) is 0 Å². The van der Waals surface area contributed by atoms with Gasteiger partial charge in [0.2, 0.25) is 0 Å². The molecule has 1 aromatic carbocycles. The normalized spacial score (nSPS) is 25.0. The minimum atomic E-state index is -1.31. The first-order valence-electron chi connectivity index (χ1n) is 7.39. The second-order valence-corrected chi connectivity index (χ2v) is 6.04. The van der Waals surface area contributed by atoms with Gasteiger partial charge in [-0.2, -0.15) is 0 Å². The lowest BCUT2D eigenvalue weighted by molar-refractivity contribution is -0.219. The summed E-state index contributed by atoms with van der Waals surface area (Å²) in [5.74, 6) is -1.31. The van der Waals surface area contributed by atoms with Gasteiger partial charge in [0.05, 0.1) is 12.2 Å². The van der Waals surface area contributed by atoms with Crippen LogP contribution in [0.15, 0.2) is 30.3 Å². The van der Waals surface area contributed by atoms with Crippen LogP contribution in [0.1, 0.15) is 32.3 Å². The minimum absolute atomic E-state index is 0.200. The Morgan fingerprint density at radius 1 is 1.32 bits per heavy atom. The van der Waals surface area contributed by atoms with E-state index in [0.29, 0.717) is 12.8 Å². The lowest BCUT2D eigenvalue weighted by Gasteiger charge is -2.25. The van der Waals surface area contributed by atoms with Crippen molar-refractivity contribution < 1.29 is 24.5 Å². The molecule has 0 aromatic heterocycles. The van der Waals surface area contributed by atoms with Crippen LogP contribution in [0, 0.1) is 0 Å². The number of benzene rings is 1. The van der Waals surface area contributed by atoms with Crippen LogP contribution in [0.2, 0.25) is 0 Å². The van der Waals surface area contributed by atoms with Crippen LogP contribution >= 0.6 is 0 Å². The predicted octanol–water partition coefficient (Wildman–Crippen LogP) is 1.55. The third-order valence-corrected chi connectivity index (χ3v) is 3.45. The zero-order valence-corrected chi connectivity index (χ0v) is 12.9. The maximum absolute atomic E-state index is 11.8. The molecule has 1 fully saturated rings. The van der Waals surface area contributed by atoms with E-state index >= 15 is 0 Å². The smallest absolute Gasteiger partial charge is 0.407 e. The summed E-state index contributed by atoms with van der Waals surface area (Å²) in [7, 11) is 0. The Morgan fingerprint density at radius 3 is 2.64 bits per heavy atom. The van der Waals surface area contributed by atoms with Crippen molar-refractivity contribution in [1.29, 1.82) is 0 Å². The maximum Gasteiger partial charge on any atom is 0.407 e. The molecule has 22 heavy (non-hydrogen) atoms. The fourth-order valence-corrected chi connectivity index (χ4v) is 2.52. The molecule has 0 saturated heterocycles. The fraction of sp³-hybridized carbons (Fsp3) is 0.562. The van der Waals surface area contributed by atoms with Crippen LogP contribution in [0.3, 0.4) is 0 Å². The van der Waals surface area contributed by atoms with Gasteiger partial charge >= 0.3 is 6.09 Å². The van der Waals surface area contributed by atoms with E-state index in [9.17, 15) is 15.0 Å². The van der Waals surface area contributed by atoms with Crippen LogP contribution < -0.4 is 5.32 Å². The molecule has 1 amide bonds. The Balaban J connectivity index is 1.76. The predicted molar refractivity (Wildman–Crippen MR) is 80.0 cm³/mol. The van der Waals surface area contributed by atoms with E-state index in [1.807, 2.05) is 30.3 Å². The standard InChI is InChI=1S/C16H23NO5/c1-16(2,20)22-14-9-12(8-13(14)18)17-15(19)21-10-11-6-4-3-5-7-11/h3-7,12-14,18,20H,8-10H2,1-2H3,(H,17,19)/t12-,13+,14+/m1/s1. The molecule has 1 aromatic rings. The van der Waals surface area contributed by atoms with E-state index in [1.54, 1.807) is 0 Å². The third-order valence-electron chi connectivity index (χ3n) is 3.45. The lowest BCUT2D eigenvalue weighted by atomic mass is 10.2. The number of rotatable bonds is 5. The summed E-state index contributed by atoms with van der Waals surface area (Å²) in [5.41, 5.74) is 0.910. The van der Waals surface area contributed by atoms with Gasteiger partial charge in [-0.25, -0.2) is 4.79 Å². The van der Waals surface area contributed by atoms with Gasteiger partial charge in [0.1, 0.15) is 6.61 Å². The van der Waals surface area contributed by atoms with Gasteiger partial charge < -0.3 is 25.0 Å². The molecule has 3 N–H and O–H groups in total. The van der Waals surface area contributed by atoms with Crippen LogP contribution in [0.5, 0.6) is 0 Å². The Hall–Kier alpha value is -1.63. The van der Waals surface area contributed by atoms with Crippen molar-refractivity contribution in [3.05, 3.63) is 35.9 Å². The first-order valence-corrected chi connectivity index (χ1v) is 7.39. The Bertz CT molecular complexity index is 485. The van der Waals surface area contributed by atoms with Crippen molar-refractivity contribution in [2.75, 3.05) is 0 Å². The number of carbonyl (C=O) groups excluding carboxylic acids is 1. The summed E-state index contributed by atoms with van der Waals surface area (Å²) in [6.45, 7) is 3.22. The SMILES string of the molecule is CC(C)(O)O[C@H]1C[C@H](NC(=O)OCc2ccccc2)C[C@@H]1O. The molecule has 0 radical (unpaired) electrons. The molecule has 0 aliphatic heterocycles. The number of carbonyl (C=O) groups is 1. The number of ether oxygens (including phenoxy) is 2. The van der Waals surface area contributed by atoms with Crippen molar-refractivity contribution in [1.82, 2.24) is 5.32 Å². The molecular formula is C16H23NO5. The average Bonchev–Trinajstić information content (AvgIpc) is 2.75. The monoisotopic (exact) mass is 309 g/mol. The number of hydrogen-bond acceptors (Lipinski definition) is 5. The number of alkyl carbamates (subject to hydrolysis) is 1. The van der Waals surface area contributed by atoms with E-state index in [2.05, 4.69) is 5.32 Å². The first kappa shape index (κ1) is 16.7. The highest BCUT2D eigenvalue weighted by Gasteiger charge is 2.37. The Morgan fingerprint density at radius 2 is 2.00 bits per heavy atom. The molecule has 1 aliphatic rings. The quantitative estimate of drug-likeness (QED) is 0.718. The van der Waals surface area contributed by atoms with Gasteiger partial charge in [0.15, 0.2) is 5.79 Å². The molecule has 0 spiro atoms. The van der Waals surface area contributed by atoms with E-state index in [1.165, 1.54) is 13.8 Å². The molecule has 2 rings (SSSR count). The largest absolute Gasteiger partial charge is 0.445 e. The van der Waals surface area contributed by atoms with Gasteiger partial charge in [-0.3, -0.25) is 0 Å². The van der Waals surface area contributed by atoms with Gasteiger partial charge in [-0.15, -0.1) is 0 Å². The summed E-state index contributed by atoms with van der Waals surface area (Å²) in [5, 5.41) is 22.3. The van der Waals surface area contributed by atoms with Crippen LogP contribution in [0.25, 0.3) is 0 Å². The summed E-state index contributed by atoms with van der Waals surface area (Å²) in [4.78, 5) is 11.8. The number of nitrogens with one attached hydrogen (secondary N) is 1. The number of amides is 1.